The van der Waals surface area contributed by atoms with Gasteiger partial charge in [-0.05, 0) is 57.8 Å². The maximum atomic E-state index is 13.2. The maximum absolute atomic E-state index is 13.2. The summed E-state index contributed by atoms with van der Waals surface area (Å²) in [6.45, 7) is 9.77. The van der Waals surface area contributed by atoms with Gasteiger partial charge in [-0.25, -0.2) is 0 Å². The summed E-state index contributed by atoms with van der Waals surface area (Å²) in [5.74, 6) is -0.618. The molecule has 2 fully saturated rings. The van der Waals surface area contributed by atoms with Gasteiger partial charge in [0.25, 0.3) is 11.8 Å². The van der Waals surface area contributed by atoms with Gasteiger partial charge in [-0.15, -0.1) is 0 Å². The molecular formula is C25H28BNO5. The molecule has 0 unspecified atom stereocenters. The molecule has 2 aromatic carbocycles. The van der Waals surface area contributed by atoms with Gasteiger partial charge in [0.15, 0.2) is 0 Å². The van der Waals surface area contributed by atoms with Crippen LogP contribution in [0.1, 0.15) is 73.7 Å². The first-order valence-electron chi connectivity index (χ1n) is 11.0. The average molecular weight is 433 g/mol. The zero-order valence-electron chi connectivity index (χ0n) is 19.1. The van der Waals surface area contributed by atoms with Crippen LogP contribution < -0.4 is 5.46 Å². The van der Waals surface area contributed by atoms with E-state index in [2.05, 4.69) is 0 Å². The van der Waals surface area contributed by atoms with E-state index in [9.17, 15) is 14.7 Å². The summed E-state index contributed by atoms with van der Waals surface area (Å²) in [5, 5.41) is 10.6. The normalized spacial score (nSPS) is 30.4. The number of imide groups is 1. The van der Waals surface area contributed by atoms with Crippen molar-refractivity contribution < 1.29 is 24.0 Å². The fraction of sp³-hybridized carbons (Fsp3) is 0.440. The molecule has 0 aromatic heterocycles. The van der Waals surface area contributed by atoms with Crippen molar-refractivity contribution >= 4 is 24.4 Å². The van der Waals surface area contributed by atoms with Crippen molar-refractivity contribution in [1.82, 2.24) is 4.90 Å². The second-order valence-corrected chi connectivity index (χ2v) is 10.6. The Kier molecular flexibility index (Phi) is 4.36. The van der Waals surface area contributed by atoms with Crippen LogP contribution >= 0.6 is 0 Å². The Balaban J connectivity index is 1.49. The molecule has 0 atom stereocenters. The Morgan fingerprint density at radius 2 is 1.28 bits per heavy atom. The van der Waals surface area contributed by atoms with Gasteiger partial charge in [-0.2, -0.15) is 0 Å². The lowest BCUT2D eigenvalue weighted by molar-refractivity contribution is -0.118. The summed E-state index contributed by atoms with van der Waals surface area (Å²) in [7, 11) is -0.492. The molecule has 7 heteroatoms. The van der Waals surface area contributed by atoms with Crippen molar-refractivity contribution in [1.29, 1.82) is 0 Å². The van der Waals surface area contributed by atoms with Crippen molar-refractivity contribution in [2.45, 2.75) is 69.8 Å². The smallest absolute Gasteiger partial charge is 0.399 e. The highest BCUT2D eigenvalue weighted by atomic mass is 16.7. The number of aliphatic hydroxyl groups is 1. The number of fused-ring (bicyclic) bond motifs is 1. The Bertz CT molecular complexity index is 1060. The minimum atomic E-state index is -0.945. The lowest BCUT2D eigenvalue weighted by Crippen LogP contribution is -2.63. The predicted molar refractivity (Wildman–Crippen MR) is 121 cm³/mol. The van der Waals surface area contributed by atoms with E-state index in [0.29, 0.717) is 24.0 Å². The van der Waals surface area contributed by atoms with E-state index in [1.54, 1.807) is 31.2 Å². The molecule has 2 aromatic rings. The van der Waals surface area contributed by atoms with Crippen LogP contribution in [0.15, 0.2) is 48.5 Å². The van der Waals surface area contributed by atoms with E-state index in [0.717, 1.165) is 11.0 Å². The van der Waals surface area contributed by atoms with Crippen LogP contribution in [0.25, 0.3) is 0 Å². The molecule has 0 radical (unpaired) electrons. The third-order valence-electron chi connectivity index (χ3n) is 7.54. The van der Waals surface area contributed by atoms with Gasteiger partial charge < -0.3 is 14.4 Å². The van der Waals surface area contributed by atoms with Gasteiger partial charge >= 0.3 is 7.12 Å². The zero-order chi connectivity index (χ0) is 23.1. The van der Waals surface area contributed by atoms with E-state index >= 15 is 0 Å². The standard InChI is InChI=1S/C25H28BNO5/c1-22(2)23(3,4)32-26(31-22)17-12-10-16(11-13-17)25(14-24(5,30)15-25)27-20(28)18-8-6-7-9-19(18)21(27)29/h6-13,30H,14-15H2,1-5H3/t24-,25+. The molecule has 5 rings (SSSR count). The maximum Gasteiger partial charge on any atom is 0.494 e. The van der Waals surface area contributed by atoms with Crippen LogP contribution in [0, 0.1) is 0 Å². The topological polar surface area (TPSA) is 76.1 Å². The van der Waals surface area contributed by atoms with Gasteiger partial charge in [-0.3, -0.25) is 14.5 Å². The summed E-state index contributed by atoms with van der Waals surface area (Å²) in [6.07, 6.45) is 0.586. The van der Waals surface area contributed by atoms with Gasteiger partial charge in [0.05, 0.1) is 33.5 Å². The Hall–Kier alpha value is -2.48. The van der Waals surface area contributed by atoms with E-state index in [1.165, 1.54) is 4.90 Å². The average Bonchev–Trinajstić information content (AvgIpc) is 3.09. The summed E-state index contributed by atoms with van der Waals surface area (Å²) in [6, 6.07) is 14.6. The van der Waals surface area contributed by atoms with Crippen LogP contribution in [0.4, 0.5) is 0 Å². The molecule has 2 aliphatic heterocycles. The van der Waals surface area contributed by atoms with Crippen molar-refractivity contribution in [3.63, 3.8) is 0 Å². The van der Waals surface area contributed by atoms with Gasteiger partial charge in [0.1, 0.15) is 0 Å². The van der Waals surface area contributed by atoms with Crippen LogP contribution in [-0.4, -0.2) is 45.7 Å². The fourth-order valence-corrected chi connectivity index (χ4v) is 5.21. The number of rotatable bonds is 3. The Labute approximate surface area is 188 Å². The number of benzene rings is 2. The molecule has 0 spiro atoms. The van der Waals surface area contributed by atoms with Gasteiger partial charge in [-0.1, -0.05) is 36.4 Å². The minimum Gasteiger partial charge on any atom is -0.399 e. The van der Waals surface area contributed by atoms with Crippen LogP contribution in [0.2, 0.25) is 0 Å². The highest BCUT2D eigenvalue weighted by Gasteiger charge is 2.61. The largest absolute Gasteiger partial charge is 0.494 e. The summed E-state index contributed by atoms with van der Waals surface area (Å²) in [5.41, 5.74) is -0.191. The van der Waals surface area contributed by atoms with Crippen molar-refractivity contribution in [3.05, 3.63) is 65.2 Å². The summed E-state index contributed by atoms with van der Waals surface area (Å²) < 4.78 is 12.3. The summed E-state index contributed by atoms with van der Waals surface area (Å²) >= 11 is 0. The molecule has 166 valence electrons. The highest BCUT2D eigenvalue weighted by Crippen LogP contribution is 2.54. The number of carbonyl (C=O) groups excluding carboxylic acids is 2. The molecule has 2 heterocycles. The molecule has 1 aliphatic carbocycles. The highest BCUT2D eigenvalue weighted by molar-refractivity contribution is 6.62. The third kappa shape index (κ3) is 2.91. The number of carbonyl (C=O) groups is 2. The van der Waals surface area contributed by atoms with E-state index in [4.69, 9.17) is 9.31 Å². The van der Waals surface area contributed by atoms with Crippen LogP contribution in [-0.2, 0) is 14.8 Å². The fourth-order valence-electron chi connectivity index (χ4n) is 5.21. The van der Waals surface area contributed by atoms with E-state index in [1.807, 2.05) is 52.0 Å². The first kappa shape index (κ1) is 21.4. The SMILES string of the molecule is CC1(C)OB(c2ccc([C@]3(N4C(=O)c5ccccc5C4=O)C[C@@](C)(O)C3)cc2)OC1(C)C. The number of hydrogen-bond acceptors (Lipinski definition) is 5. The monoisotopic (exact) mass is 433 g/mol. The van der Waals surface area contributed by atoms with Crippen molar-refractivity contribution in [2.24, 2.45) is 0 Å². The van der Waals surface area contributed by atoms with Gasteiger partial charge in [0.2, 0.25) is 0 Å². The lowest BCUT2D eigenvalue weighted by Gasteiger charge is -2.55. The van der Waals surface area contributed by atoms with Gasteiger partial charge in [0, 0.05) is 12.8 Å². The van der Waals surface area contributed by atoms with E-state index in [-0.39, 0.29) is 11.8 Å². The molecule has 2 amide bonds. The molecule has 1 saturated carbocycles. The van der Waals surface area contributed by atoms with Crippen LogP contribution in [0.5, 0.6) is 0 Å². The first-order chi connectivity index (χ1) is 14.9. The second-order valence-electron chi connectivity index (χ2n) is 10.6. The first-order valence-corrected chi connectivity index (χ1v) is 11.0. The van der Waals surface area contributed by atoms with Crippen molar-refractivity contribution in [2.75, 3.05) is 0 Å². The third-order valence-corrected chi connectivity index (χ3v) is 7.54. The second kappa shape index (κ2) is 6.53. The molecule has 0 bridgehead atoms. The quantitative estimate of drug-likeness (QED) is 0.595. The van der Waals surface area contributed by atoms with Crippen LogP contribution in [0.3, 0.4) is 0 Å². The minimum absolute atomic E-state index is 0.293. The van der Waals surface area contributed by atoms with Crippen molar-refractivity contribution in [3.8, 4) is 0 Å². The molecule has 1 saturated heterocycles. The number of amides is 2. The molecule has 3 aliphatic rings. The Morgan fingerprint density at radius 3 is 1.72 bits per heavy atom. The molecular weight excluding hydrogens is 405 g/mol. The molecule has 32 heavy (non-hydrogen) atoms. The molecule has 6 nitrogen and oxygen atoms in total. The number of nitrogens with zero attached hydrogens (tertiary/aromatic N) is 1. The number of hydrogen-bond donors (Lipinski definition) is 1. The molecule has 1 N–H and O–H groups in total. The Morgan fingerprint density at radius 1 is 0.812 bits per heavy atom. The summed E-state index contributed by atoms with van der Waals surface area (Å²) in [4.78, 5) is 27.8. The van der Waals surface area contributed by atoms with E-state index < -0.39 is 29.5 Å². The lowest BCUT2D eigenvalue weighted by atomic mass is 9.61. The predicted octanol–water partition coefficient (Wildman–Crippen LogP) is 3.02. The zero-order valence-corrected chi connectivity index (χ0v) is 19.1.